The lowest BCUT2D eigenvalue weighted by Gasteiger charge is -2.11. The van der Waals surface area contributed by atoms with Gasteiger partial charge in [-0.05, 0) is 18.8 Å². The van der Waals surface area contributed by atoms with Crippen LogP contribution in [-0.4, -0.2) is 30.2 Å². The largest absolute Gasteiger partial charge is 0.388 e. The quantitative estimate of drug-likeness (QED) is 0.839. The first-order chi connectivity index (χ1) is 8.64. The van der Waals surface area contributed by atoms with Crippen LogP contribution >= 0.6 is 0 Å². The number of hydrogen-bond acceptors (Lipinski definition) is 5. The van der Waals surface area contributed by atoms with E-state index in [4.69, 9.17) is 5.73 Å². The highest BCUT2D eigenvalue weighted by atomic mass is 16.3. The van der Waals surface area contributed by atoms with Gasteiger partial charge in [-0.1, -0.05) is 13.3 Å². The first-order valence-corrected chi connectivity index (χ1v) is 6.28. The lowest BCUT2D eigenvalue weighted by atomic mass is 10.1. The summed E-state index contributed by atoms with van der Waals surface area (Å²) in [7, 11) is 0. The van der Waals surface area contributed by atoms with Crippen molar-refractivity contribution in [1.82, 2.24) is 19.5 Å². The summed E-state index contributed by atoms with van der Waals surface area (Å²) in [6.07, 6.45) is 6.14. The third-order valence-electron chi connectivity index (χ3n) is 3.71. The van der Waals surface area contributed by atoms with Gasteiger partial charge in [-0.15, -0.1) is 0 Å². The predicted octanol–water partition coefficient (Wildman–Crippen LogP) is 0.960. The smallest absolute Gasteiger partial charge is 0.165 e. The maximum atomic E-state index is 10.4. The summed E-state index contributed by atoms with van der Waals surface area (Å²) in [5.74, 6) is 0.783. The molecule has 0 saturated heterocycles. The summed E-state index contributed by atoms with van der Waals surface area (Å²) >= 11 is 0. The second-order valence-corrected chi connectivity index (χ2v) is 5.10. The van der Waals surface area contributed by atoms with Gasteiger partial charge in [-0.2, -0.15) is 0 Å². The molecule has 6 heteroatoms. The number of aromatic nitrogens is 4. The maximum Gasteiger partial charge on any atom is 0.165 e. The summed E-state index contributed by atoms with van der Waals surface area (Å²) in [6.45, 7) is 2.67. The van der Waals surface area contributed by atoms with Crippen molar-refractivity contribution in [1.29, 1.82) is 0 Å². The number of nitrogen functional groups attached to an aromatic ring is 1. The van der Waals surface area contributed by atoms with Gasteiger partial charge in [0.2, 0.25) is 0 Å². The molecule has 1 saturated carbocycles. The molecule has 1 fully saturated rings. The Bertz CT molecular complexity index is 581. The number of nitrogens with two attached hydrogens (primary N) is 1. The number of aliphatic hydroxyl groups is 1. The van der Waals surface area contributed by atoms with Gasteiger partial charge in [0.05, 0.1) is 18.5 Å². The van der Waals surface area contributed by atoms with E-state index in [0.29, 0.717) is 29.4 Å². The van der Waals surface area contributed by atoms with E-state index in [1.54, 1.807) is 6.33 Å². The minimum absolute atomic E-state index is 0.381. The number of imidazole rings is 1. The molecule has 0 amide bonds. The van der Waals surface area contributed by atoms with Crippen molar-refractivity contribution >= 4 is 17.0 Å². The van der Waals surface area contributed by atoms with Crippen LogP contribution in [0.1, 0.15) is 26.2 Å². The highest BCUT2D eigenvalue weighted by molar-refractivity contribution is 5.81. The fourth-order valence-electron chi connectivity index (χ4n) is 2.59. The fraction of sp³-hybridized carbons (Fsp3) is 0.583. The zero-order valence-corrected chi connectivity index (χ0v) is 10.4. The Balaban J connectivity index is 1.86. The van der Waals surface area contributed by atoms with Gasteiger partial charge in [-0.25, -0.2) is 15.0 Å². The van der Waals surface area contributed by atoms with Crippen LogP contribution < -0.4 is 5.73 Å². The molecule has 0 aliphatic heterocycles. The van der Waals surface area contributed by atoms with Crippen molar-refractivity contribution in [3.05, 3.63) is 12.7 Å². The minimum atomic E-state index is -0.594. The van der Waals surface area contributed by atoms with Gasteiger partial charge in [0.25, 0.3) is 0 Å². The number of fused-ring (bicyclic) bond motifs is 1. The molecule has 0 bridgehead atoms. The van der Waals surface area contributed by atoms with Crippen LogP contribution in [0.5, 0.6) is 0 Å². The molecule has 3 rings (SSSR count). The van der Waals surface area contributed by atoms with E-state index < -0.39 is 5.60 Å². The van der Waals surface area contributed by atoms with Gasteiger partial charge in [0.15, 0.2) is 11.5 Å². The van der Waals surface area contributed by atoms with Crippen LogP contribution in [0, 0.1) is 5.92 Å². The van der Waals surface area contributed by atoms with Crippen LogP contribution in [-0.2, 0) is 6.54 Å². The van der Waals surface area contributed by atoms with Crippen LogP contribution in [0.2, 0.25) is 0 Å². The van der Waals surface area contributed by atoms with Gasteiger partial charge < -0.3 is 15.4 Å². The monoisotopic (exact) mass is 247 g/mol. The van der Waals surface area contributed by atoms with Crippen molar-refractivity contribution in [3.63, 3.8) is 0 Å². The van der Waals surface area contributed by atoms with E-state index in [1.807, 2.05) is 4.57 Å². The standard InChI is InChI=1S/C12H17N5O/c1-2-3-8-4-12(8,18)5-17-7-16-9-10(13)14-6-15-11(9)17/h6-8,18H,2-5H2,1H3,(H2,13,14,15). The average Bonchev–Trinajstić information content (AvgIpc) is 2.79. The second kappa shape index (κ2) is 3.91. The molecule has 1 aliphatic rings. The zero-order chi connectivity index (χ0) is 12.8. The molecule has 2 atom stereocenters. The maximum absolute atomic E-state index is 10.4. The molecule has 0 spiro atoms. The predicted molar refractivity (Wildman–Crippen MR) is 67.7 cm³/mol. The molecule has 2 aromatic heterocycles. The van der Waals surface area contributed by atoms with Crippen LogP contribution in [0.4, 0.5) is 5.82 Å². The van der Waals surface area contributed by atoms with E-state index >= 15 is 0 Å². The minimum Gasteiger partial charge on any atom is -0.388 e. The van der Waals surface area contributed by atoms with Gasteiger partial charge in [0.1, 0.15) is 11.8 Å². The van der Waals surface area contributed by atoms with Crippen LogP contribution in [0.15, 0.2) is 12.7 Å². The molecule has 2 aromatic rings. The topological polar surface area (TPSA) is 89.8 Å². The molecule has 2 unspecified atom stereocenters. The number of rotatable bonds is 4. The average molecular weight is 247 g/mol. The summed E-state index contributed by atoms with van der Waals surface area (Å²) < 4.78 is 1.86. The molecule has 96 valence electrons. The molecule has 6 nitrogen and oxygen atoms in total. The Hall–Kier alpha value is -1.69. The molecular formula is C12H17N5O. The lowest BCUT2D eigenvalue weighted by Crippen LogP contribution is -2.19. The lowest BCUT2D eigenvalue weighted by molar-refractivity contribution is 0.110. The van der Waals surface area contributed by atoms with Gasteiger partial charge in [0, 0.05) is 0 Å². The SMILES string of the molecule is CCCC1CC1(O)Cn1cnc2c(N)ncnc21. The van der Waals surface area contributed by atoms with E-state index in [0.717, 1.165) is 19.3 Å². The third kappa shape index (κ3) is 1.73. The highest BCUT2D eigenvalue weighted by Crippen LogP contribution is 2.47. The number of nitrogens with zero attached hydrogens (tertiary/aromatic N) is 4. The molecule has 1 aliphatic carbocycles. The van der Waals surface area contributed by atoms with E-state index in [2.05, 4.69) is 21.9 Å². The Morgan fingerprint density at radius 3 is 3.11 bits per heavy atom. The second-order valence-electron chi connectivity index (χ2n) is 5.10. The zero-order valence-electron chi connectivity index (χ0n) is 10.4. The molecule has 3 N–H and O–H groups in total. The van der Waals surface area contributed by atoms with Crippen molar-refractivity contribution in [3.8, 4) is 0 Å². The van der Waals surface area contributed by atoms with E-state index in [-0.39, 0.29) is 0 Å². The van der Waals surface area contributed by atoms with Crippen molar-refractivity contribution in [2.45, 2.75) is 38.3 Å². The van der Waals surface area contributed by atoms with Crippen LogP contribution in [0.3, 0.4) is 0 Å². The summed E-state index contributed by atoms with van der Waals surface area (Å²) in [4.78, 5) is 12.3. The van der Waals surface area contributed by atoms with E-state index in [1.165, 1.54) is 6.33 Å². The Morgan fingerprint density at radius 1 is 1.50 bits per heavy atom. The first-order valence-electron chi connectivity index (χ1n) is 6.28. The molecule has 0 radical (unpaired) electrons. The number of anilines is 1. The van der Waals surface area contributed by atoms with Gasteiger partial charge >= 0.3 is 0 Å². The van der Waals surface area contributed by atoms with Crippen LogP contribution in [0.25, 0.3) is 11.2 Å². The Kier molecular flexibility index (Phi) is 2.48. The first kappa shape index (κ1) is 11.4. The Morgan fingerprint density at radius 2 is 2.33 bits per heavy atom. The fourth-order valence-corrected chi connectivity index (χ4v) is 2.59. The highest BCUT2D eigenvalue weighted by Gasteiger charge is 2.52. The Labute approximate surface area is 105 Å². The molecule has 2 heterocycles. The van der Waals surface area contributed by atoms with Crippen molar-refractivity contribution in [2.24, 2.45) is 5.92 Å². The summed E-state index contributed by atoms with van der Waals surface area (Å²) in [5, 5.41) is 10.4. The van der Waals surface area contributed by atoms with Crippen molar-refractivity contribution in [2.75, 3.05) is 5.73 Å². The van der Waals surface area contributed by atoms with Crippen molar-refractivity contribution < 1.29 is 5.11 Å². The molecule has 18 heavy (non-hydrogen) atoms. The summed E-state index contributed by atoms with van der Waals surface area (Å²) in [5.41, 5.74) is 6.44. The molecular weight excluding hydrogens is 230 g/mol. The number of hydrogen-bond donors (Lipinski definition) is 2. The van der Waals surface area contributed by atoms with E-state index in [9.17, 15) is 5.11 Å². The normalized spacial score (nSPS) is 26.7. The summed E-state index contributed by atoms with van der Waals surface area (Å²) in [6, 6.07) is 0. The van der Waals surface area contributed by atoms with Gasteiger partial charge in [-0.3, -0.25) is 0 Å². The molecule has 0 aromatic carbocycles. The third-order valence-corrected chi connectivity index (χ3v) is 3.71.